The molecule has 3 aromatic carbocycles. The van der Waals surface area contributed by atoms with E-state index in [0.29, 0.717) is 17.9 Å². The lowest BCUT2D eigenvalue weighted by atomic mass is 10.0. The van der Waals surface area contributed by atoms with Crippen LogP contribution in [0.15, 0.2) is 66.7 Å². The minimum absolute atomic E-state index is 0.0381. The van der Waals surface area contributed by atoms with Gasteiger partial charge in [0, 0.05) is 22.6 Å². The van der Waals surface area contributed by atoms with Crippen molar-refractivity contribution in [3.05, 3.63) is 83.6 Å². The van der Waals surface area contributed by atoms with Gasteiger partial charge in [-0.3, -0.25) is 14.9 Å². The van der Waals surface area contributed by atoms with E-state index in [2.05, 4.69) is 32.0 Å². The topological polar surface area (TPSA) is 103 Å². The van der Waals surface area contributed by atoms with E-state index in [1.165, 1.54) is 0 Å². The number of rotatable bonds is 9. The second-order valence-electron chi connectivity index (χ2n) is 8.59. The molecule has 35 heavy (non-hydrogen) atoms. The van der Waals surface area contributed by atoms with Gasteiger partial charge < -0.3 is 15.2 Å². The van der Waals surface area contributed by atoms with E-state index in [9.17, 15) is 4.79 Å². The first kappa shape index (κ1) is 24.0. The molecule has 0 fully saturated rings. The second kappa shape index (κ2) is 10.4. The van der Waals surface area contributed by atoms with Crippen LogP contribution in [-0.2, 0) is 22.6 Å². The highest BCUT2D eigenvalue weighted by Crippen LogP contribution is 2.30. The van der Waals surface area contributed by atoms with Crippen LogP contribution in [0.25, 0.3) is 22.0 Å². The average molecular weight is 471 g/mol. The molecule has 0 saturated carbocycles. The summed E-state index contributed by atoms with van der Waals surface area (Å²) in [6, 6.07) is 21.5. The maximum Gasteiger partial charge on any atom is 0.310 e. The fourth-order valence-electron chi connectivity index (χ4n) is 4.06. The third kappa shape index (κ3) is 5.35. The number of carbonyl (C=O) groups is 1. The van der Waals surface area contributed by atoms with Crippen LogP contribution in [-0.4, -0.2) is 28.2 Å². The summed E-state index contributed by atoms with van der Waals surface area (Å²) in [7, 11) is 0. The van der Waals surface area contributed by atoms with E-state index in [4.69, 9.17) is 25.7 Å². The van der Waals surface area contributed by atoms with Crippen LogP contribution in [0.2, 0.25) is 0 Å². The molecule has 0 atom stereocenters. The molecule has 0 amide bonds. The van der Waals surface area contributed by atoms with Gasteiger partial charge in [0.05, 0.1) is 18.5 Å². The smallest absolute Gasteiger partial charge is 0.310 e. The van der Waals surface area contributed by atoms with Crippen molar-refractivity contribution in [2.45, 2.75) is 39.8 Å². The molecule has 1 aromatic heterocycles. The SMILES string of the molecule is CCOC(=O)Cc1ccccc1OCc1nn(C(C)C)c2ccc(-c3cccc(C(=N)N)c3)cc12. The minimum Gasteiger partial charge on any atom is -0.487 e. The zero-order valence-corrected chi connectivity index (χ0v) is 20.2. The monoisotopic (exact) mass is 470 g/mol. The summed E-state index contributed by atoms with van der Waals surface area (Å²) in [6.45, 7) is 6.58. The Hall–Kier alpha value is -4.13. The number of nitrogens with zero attached hydrogens (tertiary/aromatic N) is 2. The zero-order chi connectivity index (χ0) is 24.9. The molecular formula is C28H30N4O3. The fraction of sp³-hybridized carbons (Fsp3) is 0.250. The van der Waals surface area contributed by atoms with Crippen LogP contribution in [0, 0.1) is 5.41 Å². The van der Waals surface area contributed by atoms with Gasteiger partial charge >= 0.3 is 5.97 Å². The van der Waals surface area contributed by atoms with Gasteiger partial charge in [0.15, 0.2) is 0 Å². The number of nitrogens with one attached hydrogen (secondary N) is 1. The molecule has 0 aliphatic carbocycles. The summed E-state index contributed by atoms with van der Waals surface area (Å²) in [6.07, 6.45) is 0.155. The van der Waals surface area contributed by atoms with Gasteiger partial charge in [0.1, 0.15) is 23.9 Å². The maximum absolute atomic E-state index is 12.0. The summed E-state index contributed by atoms with van der Waals surface area (Å²) in [5.41, 5.74) is 11.0. The number of amidine groups is 1. The number of para-hydroxylation sites is 1. The maximum atomic E-state index is 12.0. The normalized spacial score (nSPS) is 11.1. The van der Waals surface area contributed by atoms with Gasteiger partial charge in [0.2, 0.25) is 0 Å². The average Bonchev–Trinajstić information content (AvgIpc) is 3.22. The Balaban J connectivity index is 1.68. The third-order valence-electron chi connectivity index (χ3n) is 5.76. The van der Waals surface area contributed by atoms with Crippen LogP contribution in [0.4, 0.5) is 0 Å². The third-order valence-corrected chi connectivity index (χ3v) is 5.76. The number of fused-ring (bicyclic) bond motifs is 1. The van der Waals surface area contributed by atoms with E-state index in [-0.39, 0.29) is 30.9 Å². The Morgan fingerprint density at radius 3 is 2.57 bits per heavy atom. The molecule has 7 nitrogen and oxygen atoms in total. The Labute approximate surface area is 205 Å². The number of hydrogen-bond acceptors (Lipinski definition) is 5. The first-order chi connectivity index (χ1) is 16.9. The number of hydrogen-bond donors (Lipinski definition) is 2. The lowest BCUT2D eigenvalue weighted by Crippen LogP contribution is -2.10. The van der Waals surface area contributed by atoms with Crippen LogP contribution in [0.3, 0.4) is 0 Å². The highest BCUT2D eigenvalue weighted by molar-refractivity contribution is 5.96. The Morgan fingerprint density at radius 1 is 1.06 bits per heavy atom. The van der Waals surface area contributed by atoms with E-state index in [1.807, 2.05) is 53.2 Å². The number of aromatic nitrogens is 2. The van der Waals surface area contributed by atoms with Crippen molar-refractivity contribution >= 4 is 22.7 Å². The number of nitrogen functional groups attached to an aromatic ring is 1. The second-order valence-corrected chi connectivity index (χ2v) is 8.59. The van der Waals surface area contributed by atoms with Crippen molar-refractivity contribution in [3.63, 3.8) is 0 Å². The lowest BCUT2D eigenvalue weighted by molar-refractivity contribution is -0.142. The predicted octanol–water partition coefficient (Wildman–Crippen LogP) is 5.25. The van der Waals surface area contributed by atoms with Crippen molar-refractivity contribution in [1.29, 1.82) is 5.41 Å². The Bertz CT molecular complexity index is 1370. The highest BCUT2D eigenvalue weighted by Gasteiger charge is 2.16. The molecular weight excluding hydrogens is 440 g/mol. The lowest BCUT2D eigenvalue weighted by Gasteiger charge is -2.10. The van der Waals surface area contributed by atoms with E-state index in [0.717, 1.165) is 33.3 Å². The number of nitrogens with two attached hydrogens (primary N) is 1. The van der Waals surface area contributed by atoms with Crippen LogP contribution < -0.4 is 10.5 Å². The molecule has 4 rings (SSSR count). The molecule has 0 unspecified atom stereocenters. The molecule has 7 heteroatoms. The molecule has 1 heterocycles. The summed E-state index contributed by atoms with van der Waals surface area (Å²) in [5.74, 6) is 0.393. The van der Waals surface area contributed by atoms with Crippen LogP contribution >= 0.6 is 0 Å². The zero-order valence-electron chi connectivity index (χ0n) is 20.2. The van der Waals surface area contributed by atoms with Gasteiger partial charge in [-0.1, -0.05) is 42.5 Å². The Kier molecular flexibility index (Phi) is 7.15. The number of benzene rings is 3. The molecule has 0 aliphatic heterocycles. The van der Waals surface area contributed by atoms with Crippen molar-refractivity contribution in [2.24, 2.45) is 5.73 Å². The van der Waals surface area contributed by atoms with Crippen molar-refractivity contribution < 1.29 is 14.3 Å². The van der Waals surface area contributed by atoms with Gasteiger partial charge in [-0.15, -0.1) is 0 Å². The van der Waals surface area contributed by atoms with Gasteiger partial charge in [-0.2, -0.15) is 5.10 Å². The summed E-state index contributed by atoms with van der Waals surface area (Å²) in [4.78, 5) is 12.0. The molecule has 0 bridgehead atoms. The first-order valence-corrected chi connectivity index (χ1v) is 11.7. The van der Waals surface area contributed by atoms with E-state index >= 15 is 0 Å². The predicted molar refractivity (Wildman–Crippen MR) is 138 cm³/mol. The summed E-state index contributed by atoms with van der Waals surface area (Å²) < 4.78 is 13.3. The van der Waals surface area contributed by atoms with Crippen LogP contribution in [0.5, 0.6) is 5.75 Å². The standard InChI is InChI=1S/C28H30N4O3/c1-4-34-27(33)16-21-8-5-6-11-26(21)35-17-24-23-15-20(12-13-25(23)32(31-24)18(2)3)19-9-7-10-22(14-19)28(29)30/h5-15,18H,4,16-17H2,1-3H3,(H3,29,30). The molecule has 0 spiro atoms. The van der Waals surface area contributed by atoms with Gasteiger partial charge in [-0.25, -0.2) is 0 Å². The van der Waals surface area contributed by atoms with Gasteiger partial charge in [-0.05, 0) is 56.2 Å². The molecule has 3 N–H and O–H groups in total. The number of carbonyl (C=O) groups excluding carboxylic acids is 1. The Morgan fingerprint density at radius 2 is 1.83 bits per heavy atom. The van der Waals surface area contributed by atoms with E-state index in [1.54, 1.807) is 6.92 Å². The largest absolute Gasteiger partial charge is 0.487 e. The summed E-state index contributed by atoms with van der Waals surface area (Å²) >= 11 is 0. The van der Waals surface area contributed by atoms with Gasteiger partial charge in [0.25, 0.3) is 0 Å². The minimum atomic E-state index is -0.282. The number of ether oxygens (including phenoxy) is 2. The highest BCUT2D eigenvalue weighted by atomic mass is 16.5. The summed E-state index contributed by atoms with van der Waals surface area (Å²) in [5, 5.41) is 13.6. The molecule has 4 aromatic rings. The van der Waals surface area contributed by atoms with Crippen molar-refractivity contribution in [3.8, 4) is 16.9 Å². The molecule has 180 valence electrons. The first-order valence-electron chi connectivity index (χ1n) is 11.7. The van der Waals surface area contributed by atoms with Crippen molar-refractivity contribution in [1.82, 2.24) is 9.78 Å². The quantitative estimate of drug-likeness (QED) is 0.197. The van der Waals surface area contributed by atoms with Crippen molar-refractivity contribution in [2.75, 3.05) is 6.61 Å². The fourth-order valence-corrected chi connectivity index (χ4v) is 4.06. The molecule has 0 aliphatic rings. The number of esters is 1. The molecule has 0 radical (unpaired) electrons. The van der Waals surface area contributed by atoms with Crippen LogP contribution in [0.1, 0.15) is 43.6 Å². The molecule has 0 saturated heterocycles. The van der Waals surface area contributed by atoms with E-state index < -0.39 is 0 Å².